The van der Waals surface area contributed by atoms with Gasteiger partial charge in [-0.1, -0.05) is 12.1 Å². The molecule has 0 aliphatic rings. The average Bonchev–Trinajstić information content (AvgIpc) is 2.26. The molecule has 0 fully saturated rings. The SMILES string of the molecule is COC(=O)CCc1ccc(C(F)F)cc1F. The molecule has 0 saturated heterocycles. The van der Waals surface area contributed by atoms with Crippen LogP contribution < -0.4 is 0 Å². The molecular formula is C11H11F3O2. The molecule has 1 rings (SSSR count). The molecule has 0 amide bonds. The van der Waals surface area contributed by atoms with E-state index < -0.39 is 18.2 Å². The Labute approximate surface area is 91.0 Å². The van der Waals surface area contributed by atoms with Gasteiger partial charge in [-0.15, -0.1) is 0 Å². The Hall–Kier alpha value is -1.52. The Kier molecular flexibility index (Phi) is 4.34. The van der Waals surface area contributed by atoms with Crippen LogP contribution in [0.5, 0.6) is 0 Å². The zero-order valence-corrected chi connectivity index (χ0v) is 8.67. The van der Waals surface area contributed by atoms with Crippen LogP contribution in [0.25, 0.3) is 0 Å². The van der Waals surface area contributed by atoms with Crippen LogP contribution in [-0.2, 0) is 16.0 Å². The average molecular weight is 232 g/mol. The summed E-state index contributed by atoms with van der Waals surface area (Å²) in [5.41, 5.74) is -0.130. The van der Waals surface area contributed by atoms with E-state index in [1.807, 2.05) is 0 Å². The number of halogens is 3. The number of alkyl halides is 2. The second kappa shape index (κ2) is 5.53. The number of rotatable bonds is 4. The first-order chi connectivity index (χ1) is 7.54. The minimum atomic E-state index is -2.69. The van der Waals surface area contributed by atoms with Crippen LogP contribution in [0, 0.1) is 5.82 Å². The summed E-state index contributed by atoms with van der Waals surface area (Å²) in [7, 11) is 1.23. The first-order valence-corrected chi connectivity index (χ1v) is 4.68. The van der Waals surface area contributed by atoms with Gasteiger partial charge in [0, 0.05) is 12.0 Å². The van der Waals surface area contributed by atoms with Crippen LogP contribution in [0.2, 0.25) is 0 Å². The molecular weight excluding hydrogens is 221 g/mol. The number of methoxy groups -OCH3 is 1. The number of hydrogen-bond donors (Lipinski definition) is 0. The summed E-state index contributed by atoms with van der Waals surface area (Å²) in [6.07, 6.45) is -2.52. The van der Waals surface area contributed by atoms with E-state index in [-0.39, 0.29) is 24.0 Å². The molecule has 0 aromatic heterocycles. The Balaban J connectivity index is 2.72. The molecule has 0 N–H and O–H groups in total. The quantitative estimate of drug-likeness (QED) is 0.746. The fraction of sp³-hybridized carbons (Fsp3) is 0.364. The molecule has 0 saturated carbocycles. The lowest BCUT2D eigenvalue weighted by atomic mass is 10.1. The molecule has 0 aliphatic carbocycles. The highest BCUT2D eigenvalue weighted by atomic mass is 19.3. The van der Waals surface area contributed by atoms with Crippen LogP contribution in [0.4, 0.5) is 13.2 Å². The summed E-state index contributed by atoms with van der Waals surface area (Å²) in [6.45, 7) is 0. The molecule has 0 heterocycles. The van der Waals surface area contributed by atoms with E-state index in [1.54, 1.807) is 0 Å². The summed E-state index contributed by atoms with van der Waals surface area (Å²) in [5.74, 6) is -1.18. The van der Waals surface area contributed by atoms with Gasteiger partial charge in [0.05, 0.1) is 7.11 Å². The van der Waals surface area contributed by atoms with Gasteiger partial charge in [0.15, 0.2) is 0 Å². The minimum absolute atomic E-state index is 0.0292. The molecule has 0 radical (unpaired) electrons. The van der Waals surface area contributed by atoms with Crippen molar-refractivity contribution in [1.82, 2.24) is 0 Å². The summed E-state index contributed by atoms with van der Waals surface area (Å²) in [6, 6.07) is 3.21. The zero-order chi connectivity index (χ0) is 12.1. The van der Waals surface area contributed by atoms with Crippen molar-refractivity contribution in [3.8, 4) is 0 Å². The first kappa shape index (κ1) is 12.5. The number of aryl methyl sites for hydroxylation is 1. The van der Waals surface area contributed by atoms with Crippen molar-refractivity contribution < 1.29 is 22.7 Å². The molecule has 0 atom stereocenters. The lowest BCUT2D eigenvalue weighted by Gasteiger charge is -2.05. The predicted octanol–water partition coefficient (Wildman–Crippen LogP) is 2.87. The predicted molar refractivity (Wildman–Crippen MR) is 51.7 cm³/mol. The Morgan fingerprint density at radius 2 is 2.12 bits per heavy atom. The number of carbonyl (C=O) groups excluding carboxylic acids is 1. The van der Waals surface area contributed by atoms with Crippen molar-refractivity contribution in [2.45, 2.75) is 19.3 Å². The normalized spacial score (nSPS) is 10.6. The van der Waals surface area contributed by atoms with Gasteiger partial charge in [-0.05, 0) is 18.1 Å². The van der Waals surface area contributed by atoms with E-state index >= 15 is 0 Å². The third-order valence-electron chi connectivity index (χ3n) is 2.16. The Bertz CT molecular complexity index is 377. The standard InChI is InChI=1S/C11H11F3O2/c1-16-10(15)5-4-7-2-3-8(11(13)14)6-9(7)12/h2-3,6,11H,4-5H2,1H3. The largest absolute Gasteiger partial charge is 0.469 e. The topological polar surface area (TPSA) is 26.3 Å². The van der Waals surface area contributed by atoms with E-state index in [9.17, 15) is 18.0 Å². The lowest BCUT2D eigenvalue weighted by Crippen LogP contribution is -2.03. The highest BCUT2D eigenvalue weighted by Gasteiger charge is 2.11. The fourth-order valence-corrected chi connectivity index (χ4v) is 1.24. The third kappa shape index (κ3) is 3.25. The molecule has 0 unspecified atom stereocenters. The Morgan fingerprint density at radius 3 is 2.62 bits per heavy atom. The summed E-state index contributed by atoms with van der Waals surface area (Å²) < 4.78 is 42.1. The third-order valence-corrected chi connectivity index (χ3v) is 2.16. The summed E-state index contributed by atoms with van der Waals surface area (Å²) >= 11 is 0. The highest BCUT2D eigenvalue weighted by Crippen LogP contribution is 2.21. The maximum absolute atomic E-state index is 13.3. The minimum Gasteiger partial charge on any atom is -0.469 e. The van der Waals surface area contributed by atoms with Gasteiger partial charge in [0.2, 0.25) is 0 Å². The molecule has 1 aromatic rings. The van der Waals surface area contributed by atoms with Crippen LogP contribution in [0.1, 0.15) is 24.0 Å². The van der Waals surface area contributed by atoms with Gasteiger partial charge in [0.1, 0.15) is 5.82 Å². The van der Waals surface area contributed by atoms with Gasteiger partial charge in [-0.25, -0.2) is 13.2 Å². The van der Waals surface area contributed by atoms with Crippen LogP contribution in [0.3, 0.4) is 0 Å². The summed E-state index contributed by atoms with van der Waals surface area (Å²) in [5, 5.41) is 0. The van der Waals surface area contributed by atoms with Gasteiger partial charge in [-0.2, -0.15) is 0 Å². The fourth-order valence-electron chi connectivity index (χ4n) is 1.24. The lowest BCUT2D eigenvalue weighted by molar-refractivity contribution is -0.140. The van der Waals surface area contributed by atoms with Crippen LogP contribution in [-0.4, -0.2) is 13.1 Å². The second-order valence-corrected chi connectivity index (χ2v) is 3.23. The summed E-state index contributed by atoms with van der Waals surface area (Å²) in [4.78, 5) is 10.8. The molecule has 16 heavy (non-hydrogen) atoms. The molecule has 0 aliphatic heterocycles. The first-order valence-electron chi connectivity index (χ1n) is 4.68. The van der Waals surface area contributed by atoms with E-state index in [2.05, 4.69) is 4.74 Å². The maximum atomic E-state index is 13.3. The van der Waals surface area contributed by atoms with Crippen molar-refractivity contribution in [1.29, 1.82) is 0 Å². The monoisotopic (exact) mass is 232 g/mol. The number of hydrogen-bond acceptors (Lipinski definition) is 2. The number of benzene rings is 1. The molecule has 1 aromatic carbocycles. The van der Waals surface area contributed by atoms with Gasteiger partial charge in [-0.3, -0.25) is 4.79 Å². The zero-order valence-electron chi connectivity index (χ0n) is 8.67. The second-order valence-electron chi connectivity index (χ2n) is 3.23. The van der Waals surface area contributed by atoms with Gasteiger partial charge >= 0.3 is 5.97 Å². The smallest absolute Gasteiger partial charge is 0.305 e. The van der Waals surface area contributed by atoms with E-state index in [0.29, 0.717) is 0 Å². The van der Waals surface area contributed by atoms with Crippen molar-refractivity contribution >= 4 is 5.97 Å². The van der Waals surface area contributed by atoms with Gasteiger partial charge in [0.25, 0.3) is 6.43 Å². The molecule has 2 nitrogen and oxygen atoms in total. The molecule has 0 spiro atoms. The molecule has 88 valence electrons. The number of ether oxygens (including phenoxy) is 1. The highest BCUT2D eigenvalue weighted by molar-refractivity contribution is 5.69. The molecule has 5 heteroatoms. The van der Waals surface area contributed by atoms with Crippen LogP contribution >= 0.6 is 0 Å². The number of carbonyl (C=O) groups is 1. The van der Waals surface area contributed by atoms with E-state index in [4.69, 9.17) is 0 Å². The van der Waals surface area contributed by atoms with Crippen LogP contribution in [0.15, 0.2) is 18.2 Å². The van der Waals surface area contributed by atoms with Crippen molar-refractivity contribution in [3.05, 3.63) is 35.1 Å². The van der Waals surface area contributed by atoms with E-state index in [0.717, 1.165) is 12.1 Å². The van der Waals surface area contributed by atoms with Gasteiger partial charge < -0.3 is 4.74 Å². The maximum Gasteiger partial charge on any atom is 0.305 e. The Morgan fingerprint density at radius 1 is 1.44 bits per heavy atom. The van der Waals surface area contributed by atoms with Crippen molar-refractivity contribution in [2.75, 3.05) is 7.11 Å². The van der Waals surface area contributed by atoms with Crippen molar-refractivity contribution in [3.63, 3.8) is 0 Å². The van der Waals surface area contributed by atoms with Crippen molar-refractivity contribution in [2.24, 2.45) is 0 Å². The number of esters is 1. The van der Waals surface area contributed by atoms with E-state index in [1.165, 1.54) is 13.2 Å². The molecule has 0 bridgehead atoms.